The van der Waals surface area contributed by atoms with Crippen molar-refractivity contribution < 1.29 is 9.47 Å². The lowest BCUT2D eigenvalue weighted by Gasteiger charge is -2.20. The van der Waals surface area contributed by atoms with Gasteiger partial charge >= 0.3 is 0 Å². The van der Waals surface area contributed by atoms with Gasteiger partial charge in [0.15, 0.2) is 11.5 Å². The number of anilines is 3. The summed E-state index contributed by atoms with van der Waals surface area (Å²) in [4.78, 5) is 11.6. The number of aromatic nitrogens is 2. The quantitative estimate of drug-likeness (QED) is 0.610. The Labute approximate surface area is 166 Å². The highest BCUT2D eigenvalue weighted by Gasteiger charge is 2.12. The van der Waals surface area contributed by atoms with Gasteiger partial charge in [0.2, 0.25) is 5.95 Å². The standard InChI is InChI=1S/C22H26N4O2/c1-5-26(6-2)22-24-18(16-10-8-7-9-11-16)15-21(25-22)23-17-12-13-19(27-3)20(14-17)28-4/h7-15H,5-6H2,1-4H3,(H,23,24,25). The molecule has 28 heavy (non-hydrogen) atoms. The van der Waals surface area contributed by atoms with E-state index >= 15 is 0 Å². The molecule has 0 bridgehead atoms. The van der Waals surface area contributed by atoms with Gasteiger partial charge in [-0.05, 0) is 26.0 Å². The monoisotopic (exact) mass is 378 g/mol. The molecule has 146 valence electrons. The summed E-state index contributed by atoms with van der Waals surface area (Å²) in [5.41, 5.74) is 2.79. The third kappa shape index (κ3) is 4.34. The molecule has 0 amide bonds. The predicted octanol–water partition coefficient (Wildman–Crippen LogP) is 4.75. The van der Waals surface area contributed by atoms with E-state index in [0.717, 1.165) is 35.9 Å². The van der Waals surface area contributed by atoms with Gasteiger partial charge in [-0.2, -0.15) is 4.98 Å². The Morgan fingerprint density at radius 1 is 0.857 bits per heavy atom. The van der Waals surface area contributed by atoms with E-state index in [-0.39, 0.29) is 0 Å². The minimum atomic E-state index is 0.661. The fraction of sp³-hybridized carbons (Fsp3) is 0.273. The van der Waals surface area contributed by atoms with Crippen molar-refractivity contribution in [1.82, 2.24) is 9.97 Å². The minimum absolute atomic E-state index is 0.661. The van der Waals surface area contributed by atoms with Gasteiger partial charge in [-0.25, -0.2) is 4.98 Å². The summed E-state index contributed by atoms with van der Waals surface area (Å²) in [5, 5.41) is 3.37. The van der Waals surface area contributed by atoms with Crippen molar-refractivity contribution in [2.45, 2.75) is 13.8 Å². The van der Waals surface area contributed by atoms with Crippen LogP contribution in [0.2, 0.25) is 0 Å². The van der Waals surface area contributed by atoms with E-state index in [1.807, 2.05) is 42.5 Å². The van der Waals surface area contributed by atoms with Crippen LogP contribution in [0.25, 0.3) is 11.3 Å². The van der Waals surface area contributed by atoms with E-state index in [9.17, 15) is 0 Å². The van der Waals surface area contributed by atoms with Gasteiger partial charge in [0.25, 0.3) is 0 Å². The highest BCUT2D eigenvalue weighted by atomic mass is 16.5. The van der Waals surface area contributed by atoms with Crippen LogP contribution in [0, 0.1) is 0 Å². The smallest absolute Gasteiger partial charge is 0.227 e. The molecule has 0 fully saturated rings. The summed E-state index contributed by atoms with van der Waals surface area (Å²) < 4.78 is 10.7. The molecule has 3 rings (SSSR count). The molecule has 0 saturated carbocycles. The minimum Gasteiger partial charge on any atom is -0.493 e. The Kier molecular flexibility index (Phi) is 6.32. The molecular weight excluding hydrogens is 352 g/mol. The maximum Gasteiger partial charge on any atom is 0.227 e. The van der Waals surface area contributed by atoms with Crippen molar-refractivity contribution in [3.05, 3.63) is 54.6 Å². The molecule has 0 atom stereocenters. The molecule has 0 aliphatic rings. The fourth-order valence-corrected chi connectivity index (χ4v) is 2.97. The number of ether oxygens (including phenoxy) is 2. The Morgan fingerprint density at radius 3 is 2.21 bits per heavy atom. The third-order valence-electron chi connectivity index (χ3n) is 4.49. The van der Waals surface area contributed by atoms with Crippen LogP contribution in [-0.2, 0) is 0 Å². The van der Waals surface area contributed by atoms with Gasteiger partial charge in [-0.15, -0.1) is 0 Å². The molecule has 2 aromatic carbocycles. The molecule has 1 heterocycles. The van der Waals surface area contributed by atoms with Crippen LogP contribution in [0.15, 0.2) is 54.6 Å². The van der Waals surface area contributed by atoms with E-state index in [1.165, 1.54) is 0 Å². The van der Waals surface area contributed by atoms with Crippen LogP contribution in [-0.4, -0.2) is 37.3 Å². The third-order valence-corrected chi connectivity index (χ3v) is 4.49. The Morgan fingerprint density at radius 2 is 1.57 bits per heavy atom. The molecule has 1 N–H and O–H groups in total. The van der Waals surface area contributed by atoms with E-state index < -0.39 is 0 Å². The zero-order valence-corrected chi connectivity index (χ0v) is 16.8. The van der Waals surface area contributed by atoms with Gasteiger partial charge in [0.05, 0.1) is 19.9 Å². The molecule has 1 aromatic heterocycles. The van der Waals surface area contributed by atoms with Crippen molar-refractivity contribution in [2.24, 2.45) is 0 Å². The number of nitrogens with zero attached hydrogens (tertiary/aromatic N) is 3. The van der Waals surface area contributed by atoms with Crippen molar-refractivity contribution >= 4 is 17.5 Å². The summed E-state index contributed by atoms with van der Waals surface area (Å²) >= 11 is 0. The zero-order valence-electron chi connectivity index (χ0n) is 16.8. The first-order valence-electron chi connectivity index (χ1n) is 9.37. The van der Waals surface area contributed by atoms with Crippen LogP contribution >= 0.6 is 0 Å². The topological polar surface area (TPSA) is 59.5 Å². The molecule has 0 aliphatic carbocycles. The first-order valence-corrected chi connectivity index (χ1v) is 9.37. The summed E-state index contributed by atoms with van der Waals surface area (Å²) in [6.07, 6.45) is 0. The van der Waals surface area contributed by atoms with Gasteiger partial charge in [-0.3, -0.25) is 0 Å². The van der Waals surface area contributed by atoms with Crippen molar-refractivity contribution in [3.63, 3.8) is 0 Å². The van der Waals surface area contributed by atoms with Gasteiger partial charge < -0.3 is 19.7 Å². The summed E-state index contributed by atoms with van der Waals surface area (Å²) in [7, 11) is 3.25. The number of hydrogen-bond acceptors (Lipinski definition) is 6. The second kappa shape index (κ2) is 9.08. The number of methoxy groups -OCH3 is 2. The van der Waals surface area contributed by atoms with Gasteiger partial charge in [0.1, 0.15) is 5.82 Å². The van der Waals surface area contributed by atoms with Crippen LogP contribution in [0.3, 0.4) is 0 Å². The largest absolute Gasteiger partial charge is 0.493 e. The lowest BCUT2D eigenvalue weighted by molar-refractivity contribution is 0.355. The highest BCUT2D eigenvalue weighted by molar-refractivity contribution is 5.68. The van der Waals surface area contributed by atoms with Crippen molar-refractivity contribution in [3.8, 4) is 22.8 Å². The predicted molar refractivity (Wildman–Crippen MR) is 114 cm³/mol. The number of nitrogens with one attached hydrogen (secondary N) is 1. The fourth-order valence-electron chi connectivity index (χ4n) is 2.97. The maximum atomic E-state index is 5.40. The zero-order chi connectivity index (χ0) is 19.9. The SMILES string of the molecule is CCN(CC)c1nc(Nc2ccc(OC)c(OC)c2)cc(-c2ccccc2)n1. The number of rotatable bonds is 8. The Bertz CT molecular complexity index is 912. The summed E-state index contributed by atoms with van der Waals surface area (Å²) in [6.45, 7) is 5.88. The molecule has 0 radical (unpaired) electrons. The first kappa shape index (κ1) is 19.5. The second-order valence-electron chi connectivity index (χ2n) is 6.17. The second-order valence-corrected chi connectivity index (χ2v) is 6.17. The lowest BCUT2D eigenvalue weighted by atomic mass is 10.1. The average molecular weight is 378 g/mol. The first-order chi connectivity index (χ1) is 13.7. The van der Waals surface area contributed by atoms with E-state index in [2.05, 4.69) is 36.2 Å². The van der Waals surface area contributed by atoms with Gasteiger partial charge in [0, 0.05) is 36.5 Å². The van der Waals surface area contributed by atoms with Crippen LogP contribution < -0.4 is 19.7 Å². The van der Waals surface area contributed by atoms with Gasteiger partial charge in [-0.1, -0.05) is 30.3 Å². The Hall–Kier alpha value is -3.28. The van der Waals surface area contributed by atoms with Crippen LogP contribution in [0.4, 0.5) is 17.5 Å². The molecular formula is C22H26N4O2. The lowest BCUT2D eigenvalue weighted by Crippen LogP contribution is -2.24. The van der Waals surface area contributed by atoms with Crippen LogP contribution in [0.5, 0.6) is 11.5 Å². The van der Waals surface area contributed by atoms with Crippen molar-refractivity contribution in [2.75, 3.05) is 37.5 Å². The average Bonchev–Trinajstić information content (AvgIpc) is 2.75. The van der Waals surface area contributed by atoms with Crippen molar-refractivity contribution in [1.29, 1.82) is 0 Å². The molecule has 6 heteroatoms. The molecule has 0 aliphatic heterocycles. The Balaban J connectivity index is 2.01. The van der Waals surface area contributed by atoms with E-state index in [1.54, 1.807) is 14.2 Å². The summed E-state index contributed by atoms with van der Waals surface area (Å²) in [6, 6.07) is 17.8. The molecule has 0 unspecified atom stereocenters. The number of hydrogen-bond donors (Lipinski definition) is 1. The maximum absolute atomic E-state index is 5.40. The van der Waals surface area contributed by atoms with Crippen LogP contribution in [0.1, 0.15) is 13.8 Å². The summed E-state index contributed by atoms with van der Waals surface area (Å²) in [5.74, 6) is 2.77. The molecule has 0 saturated heterocycles. The van der Waals surface area contributed by atoms with E-state index in [4.69, 9.17) is 19.4 Å². The molecule has 6 nitrogen and oxygen atoms in total. The highest BCUT2D eigenvalue weighted by Crippen LogP contribution is 2.32. The van der Waals surface area contributed by atoms with E-state index in [0.29, 0.717) is 17.4 Å². The normalized spacial score (nSPS) is 10.4. The molecule has 3 aromatic rings. The number of benzene rings is 2. The molecule has 0 spiro atoms.